The number of ether oxygens (including phenoxy) is 3. The number of carbonyl (C=O) groups is 1. The van der Waals surface area contributed by atoms with Crippen molar-refractivity contribution in [2.75, 3.05) is 46.5 Å². The molecule has 5 rings (SSSR count). The minimum atomic E-state index is -3.69. The molecule has 1 fully saturated rings. The zero-order valence-electron chi connectivity index (χ0n) is 19.0. The van der Waals surface area contributed by atoms with Crippen LogP contribution >= 0.6 is 0 Å². The normalized spacial score (nSPS) is 16.8. The van der Waals surface area contributed by atoms with Gasteiger partial charge in [-0.2, -0.15) is 4.31 Å². The zero-order valence-corrected chi connectivity index (χ0v) is 19.8. The second kappa shape index (κ2) is 9.29. The van der Waals surface area contributed by atoms with Gasteiger partial charge in [-0.25, -0.2) is 18.2 Å². The first-order valence-corrected chi connectivity index (χ1v) is 12.5. The predicted octanol–water partition coefficient (Wildman–Crippen LogP) is 0.987. The van der Waals surface area contributed by atoms with Gasteiger partial charge in [-0.1, -0.05) is 0 Å². The Morgan fingerprint density at radius 2 is 1.80 bits per heavy atom. The van der Waals surface area contributed by atoms with Crippen molar-refractivity contribution in [3.63, 3.8) is 0 Å². The largest absolute Gasteiger partial charge is 0.486 e. The summed E-state index contributed by atoms with van der Waals surface area (Å²) < 4.78 is 43.5. The Bertz CT molecular complexity index is 1450. The van der Waals surface area contributed by atoms with Crippen LogP contribution in [0.2, 0.25) is 0 Å². The van der Waals surface area contributed by atoms with Gasteiger partial charge < -0.3 is 19.2 Å². The van der Waals surface area contributed by atoms with Crippen molar-refractivity contribution >= 4 is 26.9 Å². The van der Waals surface area contributed by atoms with Crippen molar-refractivity contribution < 1.29 is 27.4 Å². The van der Waals surface area contributed by atoms with Crippen molar-refractivity contribution in [3.8, 4) is 11.5 Å². The molecule has 1 aromatic heterocycles. The van der Waals surface area contributed by atoms with Crippen LogP contribution in [0, 0.1) is 0 Å². The lowest BCUT2D eigenvalue weighted by atomic mass is 10.1. The van der Waals surface area contributed by atoms with E-state index in [0.717, 1.165) is 0 Å². The molecule has 3 aromatic rings. The molecule has 11 nitrogen and oxygen atoms in total. The highest BCUT2D eigenvalue weighted by Crippen LogP contribution is 2.33. The summed E-state index contributed by atoms with van der Waals surface area (Å²) in [5.41, 5.74) is 0.398. The maximum absolute atomic E-state index is 13.2. The van der Waals surface area contributed by atoms with Crippen LogP contribution in [0.1, 0.15) is 16.2 Å². The fraction of sp³-hybridized carbons (Fsp3) is 0.348. The van der Waals surface area contributed by atoms with Crippen molar-refractivity contribution in [1.82, 2.24) is 19.2 Å². The topological polar surface area (TPSA) is 131 Å². The number of aromatic nitrogens is 2. The van der Waals surface area contributed by atoms with Crippen LogP contribution in [-0.2, 0) is 21.3 Å². The zero-order chi connectivity index (χ0) is 24.6. The maximum atomic E-state index is 13.2. The van der Waals surface area contributed by atoms with E-state index in [4.69, 9.17) is 14.2 Å². The van der Waals surface area contributed by atoms with E-state index in [1.807, 2.05) is 4.90 Å². The molecule has 0 bridgehead atoms. The summed E-state index contributed by atoms with van der Waals surface area (Å²) in [6, 6.07) is 9.23. The standard InChI is InChI=1S/C23H24N4O7S/c1-32-23(29)15-2-4-17-18(12-15)24-21(25-22(17)28)14-26-6-8-27(9-7-26)35(30,31)16-3-5-19-20(13-16)34-11-10-33-19/h2-5,12-13H,6-11,14H2,1H3,(H,24,25,28). The molecule has 2 aliphatic heterocycles. The number of methoxy groups -OCH3 is 1. The smallest absolute Gasteiger partial charge is 0.337 e. The Labute approximate surface area is 201 Å². The number of rotatable bonds is 5. The van der Waals surface area contributed by atoms with Crippen LogP contribution in [0.25, 0.3) is 10.9 Å². The van der Waals surface area contributed by atoms with Gasteiger partial charge in [-0.3, -0.25) is 9.69 Å². The second-order valence-corrected chi connectivity index (χ2v) is 10.2. The molecule has 0 unspecified atom stereocenters. The molecular weight excluding hydrogens is 476 g/mol. The van der Waals surface area contributed by atoms with Gasteiger partial charge in [-0.15, -0.1) is 0 Å². The Kier molecular flexibility index (Phi) is 6.17. The predicted molar refractivity (Wildman–Crippen MR) is 125 cm³/mol. The average molecular weight is 501 g/mol. The molecule has 2 aromatic carbocycles. The molecule has 0 amide bonds. The van der Waals surface area contributed by atoms with Gasteiger partial charge in [-0.05, 0) is 30.3 Å². The fourth-order valence-electron chi connectivity index (χ4n) is 4.18. The number of hydrogen-bond donors (Lipinski definition) is 1. The van der Waals surface area contributed by atoms with E-state index in [-0.39, 0.29) is 10.5 Å². The lowest BCUT2D eigenvalue weighted by Crippen LogP contribution is -2.48. The SMILES string of the molecule is COC(=O)c1ccc2c(=O)[nH]c(CN3CCN(S(=O)(=O)c4ccc5c(c4)OCCO5)CC3)nc2c1. The van der Waals surface area contributed by atoms with E-state index in [2.05, 4.69) is 9.97 Å². The molecule has 0 aliphatic carbocycles. The number of H-pyrrole nitrogens is 1. The van der Waals surface area contributed by atoms with Crippen molar-refractivity contribution in [2.24, 2.45) is 0 Å². The van der Waals surface area contributed by atoms with Crippen molar-refractivity contribution in [2.45, 2.75) is 11.4 Å². The summed E-state index contributed by atoms with van der Waals surface area (Å²) in [4.78, 5) is 33.8. The highest BCUT2D eigenvalue weighted by atomic mass is 32.2. The van der Waals surface area contributed by atoms with Crippen molar-refractivity contribution in [3.05, 3.63) is 58.1 Å². The minimum Gasteiger partial charge on any atom is -0.486 e. The molecule has 3 heterocycles. The first-order valence-electron chi connectivity index (χ1n) is 11.1. The number of benzene rings is 2. The van der Waals surface area contributed by atoms with Gasteiger partial charge in [0.2, 0.25) is 10.0 Å². The van der Waals surface area contributed by atoms with Gasteiger partial charge in [0.05, 0.1) is 35.0 Å². The van der Waals surface area contributed by atoms with E-state index in [1.54, 1.807) is 12.1 Å². The third kappa shape index (κ3) is 4.59. The third-order valence-corrected chi connectivity index (χ3v) is 7.93. The Hall–Kier alpha value is -3.48. The van der Waals surface area contributed by atoms with Crippen LogP contribution in [0.4, 0.5) is 0 Å². The Balaban J connectivity index is 1.28. The van der Waals surface area contributed by atoms with E-state index < -0.39 is 16.0 Å². The maximum Gasteiger partial charge on any atom is 0.337 e. The quantitative estimate of drug-likeness (QED) is 0.510. The second-order valence-electron chi connectivity index (χ2n) is 8.22. The number of nitrogens with zero attached hydrogens (tertiary/aromatic N) is 3. The van der Waals surface area contributed by atoms with Crippen LogP contribution in [-0.4, -0.2) is 80.1 Å². The minimum absolute atomic E-state index is 0.164. The number of aromatic amines is 1. The van der Waals surface area contributed by atoms with E-state index in [9.17, 15) is 18.0 Å². The summed E-state index contributed by atoms with van der Waals surface area (Å²) in [6.07, 6.45) is 0. The third-order valence-electron chi connectivity index (χ3n) is 6.03. The first-order chi connectivity index (χ1) is 16.8. The summed E-state index contributed by atoms with van der Waals surface area (Å²) in [5.74, 6) is 0.895. The number of nitrogens with one attached hydrogen (secondary N) is 1. The molecule has 2 aliphatic rings. The van der Waals surface area contributed by atoms with Crippen LogP contribution in [0.5, 0.6) is 11.5 Å². The monoisotopic (exact) mass is 500 g/mol. The molecule has 1 N–H and O–H groups in total. The molecule has 12 heteroatoms. The number of hydrogen-bond acceptors (Lipinski definition) is 9. The summed E-state index contributed by atoms with van der Waals surface area (Å²) in [5, 5.41) is 0.372. The lowest BCUT2D eigenvalue weighted by molar-refractivity contribution is 0.0601. The number of piperazine rings is 1. The van der Waals surface area contributed by atoms with Crippen molar-refractivity contribution in [1.29, 1.82) is 0 Å². The Morgan fingerprint density at radius 1 is 1.06 bits per heavy atom. The number of esters is 1. The summed E-state index contributed by atoms with van der Waals surface area (Å²) in [6.45, 7) is 2.67. The van der Waals surface area contributed by atoms with Gasteiger partial charge >= 0.3 is 5.97 Å². The van der Waals surface area contributed by atoms with Crippen LogP contribution < -0.4 is 15.0 Å². The molecule has 35 heavy (non-hydrogen) atoms. The van der Waals surface area contributed by atoms with E-state index in [0.29, 0.717) is 79.7 Å². The molecule has 1 saturated heterocycles. The highest BCUT2D eigenvalue weighted by molar-refractivity contribution is 7.89. The number of sulfonamides is 1. The molecular formula is C23H24N4O7S. The molecule has 0 spiro atoms. The molecule has 0 atom stereocenters. The number of carbonyl (C=O) groups excluding carboxylic acids is 1. The van der Waals surface area contributed by atoms with Gasteiger partial charge in [0, 0.05) is 32.2 Å². The molecule has 0 radical (unpaired) electrons. The molecule has 184 valence electrons. The Morgan fingerprint density at radius 3 is 2.54 bits per heavy atom. The highest BCUT2D eigenvalue weighted by Gasteiger charge is 2.30. The fourth-order valence-corrected chi connectivity index (χ4v) is 5.62. The van der Waals surface area contributed by atoms with Gasteiger partial charge in [0.15, 0.2) is 11.5 Å². The average Bonchev–Trinajstić information content (AvgIpc) is 2.88. The van der Waals surface area contributed by atoms with Gasteiger partial charge in [0.1, 0.15) is 19.0 Å². The van der Waals surface area contributed by atoms with Gasteiger partial charge in [0.25, 0.3) is 5.56 Å². The summed E-state index contributed by atoms with van der Waals surface area (Å²) >= 11 is 0. The lowest BCUT2D eigenvalue weighted by Gasteiger charge is -2.33. The van der Waals surface area contributed by atoms with E-state index in [1.165, 1.54) is 35.7 Å². The van der Waals surface area contributed by atoms with Crippen LogP contribution in [0.15, 0.2) is 46.1 Å². The molecule has 0 saturated carbocycles. The van der Waals surface area contributed by atoms with E-state index >= 15 is 0 Å². The number of fused-ring (bicyclic) bond motifs is 2. The van der Waals surface area contributed by atoms with Crippen LogP contribution in [0.3, 0.4) is 0 Å². The first kappa shape index (κ1) is 23.3. The summed E-state index contributed by atoms with van der Waals surface area (Å²) in [7, 11) is -2.40.